The van der Waals surface area contributed by atoms with Crippen molar-refractivity contribution in [2.24, 2.45) is 10.7 Å². The number of pyridine rings is 1. The van der Waals surface area contributed by atoms with Crippen LogP contribution < -0.4 is 15.8 Å². The van der Waals surface area contributed by atoms with Gasteiger partial charge < -0.3 is 15.8 Å². The van der Waals surface area contributed by atoms with Crippen LogP contribution in [-0.4, -0.2) is 23.6 Å². The Labute approximate surface area is 143 Å². The molecule has 1 heterocycles. The zero-order valence-electron chi connectivity index (χ0n) is 12.5. The fourth-order valence-corrected chi connectivity index (χ4v) is 1.90. The molecule has 21 heavy (non-hydrogen) atoms. The first kappa shape index (κ1) is 18.0. The summed E-state index contributed by atoms with van der Waals surface area (Å²) in [5, 5.41) is 3.10. The van der Waals surface area contributed by atoms with E-state index in [9.17, 15) is 0 Å². The first-order valence-electron chi connectivity index (χ1n) is 7.43. The molecule has 0 saturated heterocycles. The molecule has 1 aliphatic rings. The van der Waals surface area contributed by atoms with E-state index in [1.54, 1.807) is 6.20 Å². The van der Waals surface area contributed by atoms with Gasteiger partial charge in [0.1, 0.15) is 6.10 Å². The largest absolute Gasteiger partial charge is 0.474 e. The van der Waals surface area contributed by atoms with Gasteiger partial charge in [0.15, 0.2) is 5.96 Å². The molecule has 0 aliphatic heterocycles. The minimum atomic E-state index is 0. The molecule has 0 aromatic carbocycles. The smallest absolute Gasteiger partial charge is 0.213 e. The van der Waals surface area contributed by atoms with Crippen LogP contribution in [0.2, 0.25) is 0 Å². The van der Waals surface area contributed by atoms with Gasteiger partial charge in [-0.25, -0.2) is 9.98 Å². The van der Waals surface area contributed by atoms with Crippen LogP contribution in [0.25, 0.3) is 0 Å². The van der Waals surface area contributed by atoms with Gasteiger partial charge in [-0.2, -0.15) is 0 Å². The van der Waals surface area contributed by atoms with E-state index in [1.165, 1.54) is 6.42 Å². The monoisotopic (exact) mass is 404 g/mol. The maximum atomic E-state index is 5.80. The number of guanidine groups is 1. The van der Waals surface area contributed by atoms with Crippen molar-refractivity contribution in [1.82, 2.24) is 10.3 Å². The summed E-state index contributed by atoms with van der Waals surface area (Å²) < 4.78 is 5.77. The molecule has 1 aromatic rings. The van der Waals surface area contributed by atoms with Crippen LogP contribution in [-0.2, 0) is 6.54 Å². The van der Waals surface area contributed by atoms with Crippen molar-refractivity contribution in [2.75, 3.05) is 6.54 Å². The van der Waals surface area contributed by atoms with Crippen molar-refractivity contribution >= 4 is 29.9 Å². The highest BCUT2D eigenvalue weighted by Crippen LogP contribution is 2.24. The molecule has 0 bridgehead atoms. The van der Waals surface area contributed by atoms with E-state index in [-0.39, 0.29) is 24.0 Å². The third-order valence-electron chi connectivity index (χ3n) is 3.41. The Hall–Kier alpha value is -1.05. The van der Waals surface area contributed by atoms with E-state index >= 15 is 0 Å². The molecule has 1 aliphatic carbocycles. The van der Waals surface area contributed by atoms with Gasteiger partial charge in [-0.1, -0.05) is 13.3 Å². The lowest BCUT2D eigenvalue weighted by Gasteiger charge is -2.25. The predicted octanol–water partition coefficient (Wildman–Crippen LogP) is 2.84. The molecule has 1 fully saturated rings. The molecular weight excluding hydrogens is 379 g/mol. The highest BCUT2D eigenvalue weighted by molar-refractivity contribution is 14.0. The Kier molecular flexibility index (Phi) is 8.41. The molecule has 1 saturated carbocycles. The lowest BCUT2D eigenvalue weighted by Crippen LogP contribution is -2.32. The minimum Gasteiger partial charge on any atom is -0.474 e. The second-order valence-electron chi connectivity index (χ2n) is 5.15. The Morgan fingerprint density at radius 3 is 3.00 bits per heavy atom. The molecule has 0 unspecified atom stereocenters. The maximum Gasteiger partial charge on any atom is 0.213 e. The van der Waals surface area contributed by atoms with Crippen LogP contribution in [0, 0.1) is 0 Å². The van der Waals surface area contributed by atoms with Crippen LogP contribution in [0.3, 0.4) is 0 Å². The van der Waals surface area contributed by atoms with Crippen molar-refractivity contribution in [3.63, 3.8) is 0 Å². The SMILES string of the molecule is CCCCNC(N)=NCc1ccnc(OC2CCC2)c1.I. The molecule has 1 aromatic heterocycles. The van der Waals surface area contributed by atoms with E-state index in [0.29, 0.717) is 24.5 Å². The lowest BCUT2D eigenvalue weighted by molar-refractivity contribution is 0.114. The van der Waals surface area contributed by atoms with Crippen molar-refractivity contribution in [2.45, 2.75) is 51.7 Å². The topological polar surface area (TPSA) is 72.5 Å². The van der Waals surface area contributed by atoms with Crippen molar-refractivity contribution in [1.29, 1.82) is 0 Å². The summed E-state index contributed by atoms with van der Waals surface area (Å²) in [5.74, 6) is 1.19. The highest BCUT2D eigenvalue weighted by Gasteiger charge is 2.19. The van der Waals surface area contributed by atoms with E-state index in [1.807, 2.05) is 12.1 Å². The number of hydrogen-bond donors (Lipinski definition) is 2. The fraction of sp³-hybridized carbons (Fsp3) is 0.600. The molecule has 0 radical (unpaired) electrons. The summed E-state index contributed by atoms with van der Waals surface area (Å²) in [5.41, 5.74) is 6.87. The predicted molar refractivity (Wildman–Crippen MR) is 96.2 cm³/mol. The van der Waals surface area contributed by atoms with Crippen LogP contribution in [0.5, 0.6) is 5.88 Å². The Bertz CT molecular complexity index is 449. The van der Waals surface area contributed by atoms with Gasteiger partial charge in [-0.15, -0.1) is 24.0 Å². The van der Waals surface area contributed by atoms with Crippen LogP contribution in [0.15, 0.2) is 23.3 Å². The lowest BCUT2D eigenvalue weighted by atomic mass is 9.96. The molecule has 6 heteroatoms. The average molecular weight is 404 g/mol. The van der Waals surface area contributed by atoms with Crippen molar-refractivity contribution in [3.8, 4) is 5.88 Å². The number of unbranched alkanes of at least 4 members (excludes halogenated alkanes) is 1. The van der Waals surface area contributed by atoms with Crippen LogP contribution in [0.4, 0.5) is 0 Å². The molecule has 0 atom stereocenters. The summed E-state index contributed by atoms with van der Waals surface area (Å²) in [7, 11) is 0. The van der Waals surface area contributed by atoms with Gasteiger partial charge in [0, 0.05) is 18.8 Å². The number of nitrogens with one attached hydrogen (secondary N) is 1. The molecule has 0 amide bonds. The standard InChI is InChI=1S/C15H24N4O.HI/c1-2-3-8-18-15(16)19-11-12-7-9-17-14(10-12)20-13-5-4-6-13;/h7,9-10,13H,2-6,8,11H2,1H3,(H3,16,18,19);1H. The number of aromatic nitrogens is 1. The van der Waals surface area contributed by atoms with E-state index < -0.39 is 0 Å². The van der Waals surface area contributed by atoms with Crippen molar-refractivity contribution in [3.05, 3.63) is 23.9 Å². The zero-order valence-corrected chi connectivity index (χ0v) is 14.9. The summed E-state index contributed by atoms with van der Waals surface area (Å²) in [6.45, 7) is 3.57. The number of halogens is 1. The third kappa shape index (κ3) is 6.50. The molecule has 0 spiro atoms. The van der Waals surface area contributed by atoms with Crippen molar-refractivity contribution < 1.29 is 4.74 Å². The van der Waals surface area contributed by atoms with Crippen LogP contribution in [0.1, 0.15) is 44.6 Å². The first-order chi connectivity index (χ1) is 9.78. The Morgan fingerprint density at radius 1 is 1.52 bits per heavy atom. The fourth-order valence-electron chi connectivity index (χ4n) is 1.90. The second-order valence-corrected chi connectivity index (χ2v) is 5.15. The van der Waals surface area contributed by atoms with Gasteiger partial charge in [-0.05, 0) is 37.3 Å². The second kappa shape index (κ2) is 9.81. The van der Waals surface area contributed by atoms with Gasteiger partial charge in [0.2, 0.25) is 5.88 Å². The van der Waals surface area contributed by atoms with Crippen LogP contribution >= 0.6 is 24.0 Å². The minimum absolute atomic E-state index is 0. The Balaban J connectivity index is 0.00000220. The van der Waals surface area contributed by atoms with Gasteiger partial charge >= 0.3 is 0 Å². The maximum absolute atomic E-state index is 5.80. The molecule has 3 N–H and O–H groups in total. The number of rotatable bonds is 7. The molecular formula is C15H25IN4O. The Morgan fingerprint density at radius 2 is 2.33 bits per heavy atom. The third-order valence-corrected chi connectivity index (χ3v) is 3.41. The number of nitrogens with two attached hydrogens (primary N) is 1. The molecule has 118 valence electrons. The number of hydrogen-bond acceptors (Lipinski definition) is 3. The summed E-state index contributed by atoms with van der Waals surface area (Å²) in [6.07, 6.45) is 7.89. The zero-order chi connectivity index (χ0) is 14.2. The quantitative estimate of drug-likeness (QED) is 0.317. The van der Waals surface area contributed by atoms with E-state index in [2.05, 4.69) is 22.2 Å². The first-order valence-corrected chi connectivity index (χ1v) is 7.43. The normalized spacial score (nSPS) is 15.0. The summed E-state index contributed by atoms with van der Waals surface area (Å²) in [4.78, 5) is 8.55. The molecule has 2 rings (SSSR count). The van der Waals surface area contributed by atoms with Gasteiger partial charge in [0.25, 0.3) is 0 Å². The summed E-state index contributed by atoms with van der Waals surface area (Å²) in [6, 6.07) is 3.89. The average Bonchev–Trinajstić information content (AvgIpc) is 2.42. The number of aliphatic imine (C=N–C) groups is 1. The number of nitrogens with zero attached hydrogens (tertiary/aromatic N) is 2. The summed E-state index contributed by atoms with van der Waals surface area (Å²) >= 11 is 0. The van der Waals surface area contributed by atoms with Gasteiger partial charge in [-0.3, -0.25) is 0 Å². The highest BCUT2D eigenvalue weighted by atomic mass is 127. The van der Waals surface area contributed by atoms with Gasteiger partial charge in [0.05, 0.1) is 6.54 Å². The van der Waals surface area contributed by atoms with E-state index in [4.69, 9.17) is 10.5 Å². The molecule has 5 nitrogen and oxygen atoms in total. The van der Waals surface area contributed by atoms with E-state index in [0.717, 1.165) is 37.8 Å². The number of ether oxygens (including phenoxy) is 1.